The molecular formula is C21H24N5O2-. The molecule has 3 rings (SSSR count). The number of H-pyrrole nitrogens is 1. The van der Waals surface area contributed by atoms with Crippen LogP contribution in [0.5, 0.6) is 0 Å². The molecule has 28 heavy (non-hydrogen) atoms. The van der Waals surface area contributed by atoms with Crippen LogP contribution in [0.15, 0.2) is 59.9 Å². The van der Waals surface area contributed by atoms with Gasteiger partial charge in [0.25, 0.3) is 0 Å². The van der Waals surface area contributed by atoms with E-state index in [1.807, 2.05) is 42.5 Å². The number of aromatic amines is 1. The van der Waals surface area contributed by atoms with E-state index in [0.717, 1.165) is 16.7 Å². The standard InChI is InChI=1S/C21H25N5O2/c1-21(2,3)28-20(27)24-13-16-17(14-9-11-23-12-10-14)19(26-25-16)18(22)15-7-5-4-6-8-15/h4-12,18H,13,22H2,1-3H3,(H,24,27)(H,25,26)/p-1. The van der Waals surface area contributed by atoms with E-state index in [9.17, 15) is 5.11 Å². The predicted molar refractivity (Wildman–Crippen MR) is 106 cm³/mol. The summed E-state index contributed by atoms with van der Waals surface area (Å²) < 4.78 is 5.25. The molecular weight excluding hydrogens is 354 g/mol. The van der Waals surface area contributed by atoms with Gasteiger partial charge >= 0.3 is 0 Å². The fourth-order valence-electron chi connectivity index (χ4n) is 2.83. The number of ether oxygens (including phenoxy) is 1. The van der Waals surface area contributed by atoms with Crippen molar-refractivity contribution in [2.45, 2.75) is 39.0 Å². The normalized spacial score (nSPS) is 13.4. The van der Waals surface area contributed by atoms with Gasteiger partial charge in [-0.2, -0.15) is 5.10 Å². The van der Waals surface area contributed by atoms with E-state index >= 15 is 0 Å². The van der Waals surface area contributed by atoms with Crippen LogP contribution in [0, 0.1) is 0 Å². The summed E-state index contributed by atoms with van der Waals surface area (Å²) in [6, 6.07) is 13.1. The number of hydrogen-bond donors (Lipinski definition) is 2. The molecule has 0 aliphatic rings. The Morgan fingerprint density at radius 3 is 2.50 bits per heavy atom. The fraction of sp³-hybridized carbons (Fsp3) is 0.286. The van der Waals surface area contributed by atoms with E-state index in [1.165, 1.54) is 0 Å². The molecule has 7 nitrogen and oxygen atoms in total. The van der Waals surface area contributed by atoms with Gasteiger partial charge in [0.05, 0.1) is 24.0 Å². The third-order valence-corrected chi connectivity index (χ3v) is 4.05. The first-order chi connectivity index (χ1) is 13.3. The van der Waals surface area contributed by atoms with Crippen molar-refractivity contribution in [2.75, 3.05) is 0 Å². The van der Waals surface area contributed by atoms with Crippen LogP contribution in [0.2, 0.25) is 0 Å². The number of hydrogen-bond acceptors (Lipinski definition) is 6. The molecule has 2 heterocycles. The van der Waals surface area contributed by atoms with Crippen LogP contribution in [-0.4, -0.2) is 26.9 Å². The number of benzene rings is 1. The number of pyridine rings is 1. The van der Waals surface area contributed by atoms with Gasteiger partial charge in [-0.1, -0.05) is 51.1 Å². The molecule has 3 aromatic rings. The van der Waals surface area contributed by atoms with Crippen LogP contribution >= 0.6 is 0 Å². The Balaban J connectivity index is 1.97. The molecule has 1 aromatic carbocycles. The number of nitrogens with one attached hydrogen (secondary N) is 1. The Morgan fingerprint density at radius 1 is 1.18 bits per heavy atom. The molecule has 0 radical (unpaired) electrons. The third kappa shape index (κ3) is 4.75. The van der Waals surface area contributed by atoms with Crippen LogP contribution in [0.4, 0.5) is 0 Å². The Bertz CT molecular complexity index is 930. The first kappa shape index (κ1) is 19.6. The minimum Gasteiger partial charge on any atom is -0.595 e. The Labute approximate surface area is 164 Å². The number of rotatable bonds is 5. The quantitative estimate of drug-likeness (QED) is 0.523. The number of aromatic nitrogens is 3. The van der Waals surface area contributed by atoms with Gasteiger partial charge in [0, 0.05) is 23.6 Å². The first-order valence-corrected chi connectivity index (χ1v) is 9.03. The first-order valence-electron chi connectivity index (χ1n) is 9.03. The zero-order chi connectivity index (χ0) is 20.1. The lowest BCUT2D eigenvalue weighted by Gasteiger charge is -2.29. The maximum absolute atomic E-state index is 12.0. The predicted octanol–water partition coefficient (Wildman–Crippen LogP) is 2.55. The van der Waals surface area contributed by atoms with E-state index in [1.54, 1.807) is 33.2 Å². The Kier molecular flexibility index (Phi) is 5.75. The molecule has 0 amide bonds. The van der Waals surface area contributed by atoms with Gasteiger partial charge in [-0.25, -0.2) is 0 Å². The van der Waals surface area contributed by atoms with Gasteiger partial charge in [-0.3, -0.25) is 15.1 Å². The van der Waals surface area contributed by atoms with Crippen LogP contribution in [-0.2, 0) is 11.3 Å². The van der Waals surface area contributed by atoms with Gasteiger partial charge < -0.3 is 15.6 Å². The van der Waals surface area contributed by atoms with E-state index in [-0.39, 0.29) is 6.54 Å². The van der Waals surface area contributed by atoms with Crippen molar-refractivity contribution in [3.05, 3.63) is 71.8 Å². The fourth-order valence-corrected chi connectivity index (χ4v) is 2.83. The highest BCUT2D eigenvalue weighted by Crippen LogP contribution is 2.32. The van der Waals surface area contributed by atoms with Gasteiger partial charge in [0.1, 0.15) is 6.08 Å². The molecule has 146 valence electrons. The molecule has 0 fully saturated rings. The van der Waals surface area contributed by atoms with Crippen molar-refractivity contribution in [1.82, 2.24) is 15.2 Å². The second-order valence-electron chi connectivity index (χ2n) is 7.38. The van der Waals surface area contributed by atoms with Crippen molar-refractivity contribution >= 4 is 6.08 Å². The van der Waals surface area contributed by atoms with Crippen LogP contribution in [0.1, 0.15) is 43.8 Å². The van der Waals surface area contributed by atoms with Crippen molar-refractivity contribution in [3.8, 4) is 11.1 Å². The second kappa shape index (κ2) is 8.22. The molecule has 0 aliphatic heterocycles. The summed E-state index contributed by atoms with van der Waals surface area (Å²) in [4.78, 5) is 8.10. The van der Waals surface area contributed by atoms with E-state index in [0.29, 0.717) is 11.4 Å². The molecule has 3 N–H and O–H groups in total. The van der Waals surface area contributed by atoms with Crippen molar-refractivity contribution in [1.29, 1.82) is 0 Å². The molecule has 0 spiro atoms. The smallest absolute Gasteiger partial charge is 0.146 e. The zero-order valence-electron chi connectivity index (χ0n) is 16.2. The largest absolute Gasteiger partial charge is 0.595 e. The maximum atomic E-state index is 12.0. The molecule has 1 unspecified atom stereocenters. The lowest BCUT2D eigenvalue weighted by molar-refractivity contribution is -0.260. The SMILES string of the molecule is CC(C)(C)OC([O-])=NCc1[nH]nc(C(N)c2ccccc2)c1-c1ccncc1. The van der Waals surface area contributed by atoms with Crippen molar-refractivity contribution in [2.24, 2.45) is 10.7 Å². The van der Waals surface area contributed by atoms with Gasteiger partial charge in [-0.05, 0) is 23.3 Å². The summed E-state index contributed by atoms with van der Waals surface area (Å²) in [5.74, 6) is 0. The number of aliphatic imine (C=N–C) groups is 1. The zero-order valence-corrected chi connectivity index (χ0v) is 16.2. The highest BCUT2D eigenvalue weighted by Gasteiger charge is 2.21. The monoisotopic (exact) mass is 378 g/mol. The van der Waals surface area contributed by atoms with E-state index in [2.05, 4.69) is 20.2 Å². The Hall–Kier alpha value is -3.19. The molecule has 0 bridgehead atoms. The lowest BCUT2D eigenvalue weighted by Crippen LogP contribution is -2.31. The highest BCUT2D eigenvalue weighted by molar-refractivity contribution is 5.70. The average molecular weight is 378 g/mol. The van der Waals surface area contributed by atoms with E-state index < -0.39 is 17.7 Å². The molecule has 7 heteroatoms. The summed E-state index contributed by atoms with van der Waals surface area (Å²) in [7, 11) is 0. The lowest BCUT2D eigenvalue weighted by atomic mass is 9.96. The summed E-state index contributed by atoms with van der Waals surface area (Å²) in [5, 5.41) is 19.4. The topological polar surface area (TPSA) is 112 Å². The van der Waals surface area contributed by atoms with Crippen LogP contribution in [0.25, 0.3) is 11.1 Å². The Morgan fingerprint density at radius 2 is 1.86 bits per heavy atom. The third-order valence-electron chi connectivity index (χ3n) is 4.05. The van der Waals surface area contributed by atoms with Gasteiger partial charge in [0.15, 0.2) is 0 Å². The minimum atomic E-state index is -0.614. The maximum Gasteiger partial charge on any atom is 0.146 e. The van der Waals surface area contributed by atoms with Gasteiger partial charge in [-0.15, -0.1) is 0 Å². The molecule has 0 saturated carbocycles. The molecule has 2 aromatic heterocycles. The van der Waals surface area contributed by atoms with Crippen molar-refractivity contribution in [3.63, 3.8) is 0 Å². The molecule has 0 aliphatic carbocycles. The van der Waals surface area contributed by atoms with Crippen molar-refractivity contribution < 1.29 is 9.84 Å². The summed E-state index contributed by atoms with van der Waals surface area (Å²) in [6.45, 7) is 5.52. The summed E-state index contributed by atoms with van der Waals surface area (Å²) in [5.41, 5.74) is 9.94. The summed E-state index contributed by atoms with van der Waals surface area (Å²) >= 11 is 0. The van der Waals surface area contributed by atoms with Crippen LogP contribution < -0.4 is 10.8 Å². The number of nitrogens with two attached hydrogens (primary N) is 1. The minimum absolute atomic E-state index is 0.112. The van der Waals surface area contributed by atoms with E-state index in [4.69, 9.17) is 10.5 Å². The van der Waals surface area contributed by atoms with Gasteiger partial charge in [0.2, 0.25) is 0 Å². The summed E-state index contributed by atoms with van der Waals surface area (Å²) in [6.07, 6.45) is 2.79. The molecule has 0 saturated heterocycles. The highest BCUT2D eigenvalue weighted by atomic mass is 16.6. The van der Waals surface area contributed by atoms with Crippen LogP contribution in [0.3, 0.4) is 0 Å². The molecule has 1 atom stereocenters. The second-order valence-corrected chi connectivity index (χ2v) is 7.38. The average Bonchev–Trinajstić information content (AvgIpc) is 3.10. The number of nitrogens with zero attached hydrogens (tertiary/aromatic N) is 3.